The average Bonchev–Trinajstić information content (AvgIpc) is 2.77. The van der Waals surface area contributed by atoms with Crippen molar-refractivity contribution in [3.63, 3.8) is 0 Å². The molecule has 2 aromatic carbocycles. The van der Waals surface area contributed by atoms with Crippen molar-refractivity contribution in [3.8, 4) is 29.1 Å². The molecule has 1 N–H and O–H groups in total. The van der Waals surface area contributed by atoms with Gasteiger partial charge in [-0.2, -0.15) is 5.26 Å². The van der Waals surface area contributed by atoms with Crippen LogP contribution in [0.3, 0.4) is 0 Å². The summed E-state index contributed by atoms with van der Waals surface area (Å²) in [5.41, 5.74) is 1.13. The molecular weight excluding hydrogens is 396 g/mol. The van der Waals surface area contributed by atoms with Crippen molar-refractivity contribution < 1.29 is 23.7 Å². The Hall–Kier alpha value is -3.66. The van der Waals surface area contributed by atoms with Gasteiger partial charge < -0.3 is 24.3 Å². The van der Waals surface area contributed by atoms with Crippen LogP contribution in [0, 0.1) is 17.2 Å². The molecule has 3 rings (SSSR count). The van der Waals surface area contributed by atoms with Gasteiger partial charge in [-0.15, -0.1) is 0 Å². The third kappa shape index (κ3) is 5.92. The summed E-state index contributed by atoms with van der Waals surface area (Å²) < 4.78 is 22.2. The van der Waals surface area contributed by atoms with Crippen LogP contribution in [0.4, 0.5) is 5.69 Å². The molecule has 0 saturated carbocycles. The number of hydrogen-bond acceptors (Lipinski definition) is 6. The van der Waals surface area contributed by atoms with Crippen LogP contribution in [-0.2, 0) is 4.79 Å². The highest BCUT2D eigenvalue weighted by Gasteiger charge is 2.15. The number of carbonyl (C=O) groups excluding carboxylic acids is 1. The van der Waals surface area contributed by atoms with Crippen LogP contribution in [0.1, 0.15) is 25.8 Å². The molecule has 162 valence electrons. The molecule has 1 aliphatic heterocycles. The lowest BCUT2D eigenvalue weighted by atomic mass is 10.1. The van der Waals surface area contributed by atoms with Crippen LogP contribution >= 0.6 is 0 Å². The Morgan fingerprint density at radius 3 is 2.65 bits per heavy atom. The second-order valence-electron chi connectivity index (χ2n) is 7.42. The molecule has 7 heteroatoms. The standard InChI is InChI=1S/C24H26N2O5/c1-16(2)8-9-29-20-6-4-17(13-22(20)28-3)12-18(15-25)24(27)26-19-5-7-21-23(14-19)31-11-10-30-21/h4-7,12-14,16H,8-11H2,1-3H3,(H,26,27)/b18-12+. The van der Waals surface area contributed by atoms with Gasteiger partial charge in [0.25, 0.3) is 5.91 Å². The summed E-state index contributed by atoms with van der Waals surface area (Å²) in [7, 11) is 1.55. The summed E-state index contributed by atoms with van der Waals surface area (Å²) in [6.45, 7) is 5.80. The smallest absolute Gasteiger partial charge is 0.266 e. The molecule has 2 aromatic rings. The molecule has 7 nitrogen and oxygen atoms in total. The molecule has 1 heterocycles. The van der Waals surface area contributed by atoms with Gasteiger partial charge in [0, 0.05) is 11.8 Å². The van der Waals surface area contributed by atoms with E-state index in [-0.39, 0.29) is 5.57 Å². The predicted octanol–water partition coefficient (Wildman–Crippen LogP) is 4.44. The molecular formula is C24H26N2O5. The molecule has 0 unspecified atom stereocenters. The Labute approximate surface area is 182 Å². The second kappa shape index (κ2) is 10.4. The summed E-state index contributed by atoms with van der Waals surface area (Å²) >= 11 is 0. The monoisotopic (exact) mass is 422 g/mol. The van der Waals surface area contributed by atoms with Crippen LogP contribution in [0.5, 0.6) is 23.0 Å². The van der Waals surface area contributed by atoms with E-state index in [0.717, 1.165) is 6.42 Å². The number of nitriles is 1. The molecule has 31 heavy (non-hydrogen) atoms. The minimum Gasteiger partial charge on any atom is -0.493 e. The largest absolute Gasteiger partial charge is 0.493 e. The lowest BCUT2D eigenvalue weighted by Crippen LogP contribution is -2.17. The highest BCUT2D eigenvalue weighted by molar-refractivity contribution is 6.09. The van der Waals surface area contributed by atoms with Gasteiger partial charge in [-0.1, -0.05) is 19.9 Å². The Balaban J connectivity index is 1.73. The van der Waals surface area contributed by atoms with Crippen molar-refractivity contribution >= 4 is 17.7 Å². The van der Waals surface area contributed by atoms with Crippen molar-refractivity contribution in [2.75, 3.05) is 32.2 Å². The Bertz CT molecular complexity index is 1010. The number of hydrogen-bond donors (Lipinski definition) is 1. The first-order valence-corrected chi connectivity index (χ1v) is 10.1. The lowest BCUT2D eigenvalue weighted by Gasteiger charge is -2.18. The number of nitrogens with one attached hydrogen (secondary N) is 1. The number of anilines is 1. The van der Waals surface area contributed by atoms with Crippen molar-refractivity contribution in [2.24, 2.45) is 5.92 Å². The zero-order chi connectivity index (χ0) is 22.2. The molecule has 0 bridgehead atoms. The molecule has 1 aliphatic rings. The third-order valence-electron chi connectivity index (χ3n) is 4.62. The number of amides is 1. The lowest BCUT2D eigenvalue weighted by molar-refractivity contribution is -0.112. The first kappa shape index (κ1) is 22.0. The van der Waals surface area contributed by atoms with Crippen molar-refractivity contribution in [3.05, 3.63) is 47.5 Å². The van der Waals surface area contributed by atoms with E-state index in [2.05, 4.69) is 19.2 Å². The van der Waals surface area contributed by atoms with Gasteiger partial charge in [0.05, 0.1) is 13.7 Å². The number of nitrogens with zero attached hydrogens (tertiary/aromatic N) is 1. The van der Waals surface area contributed by atoms with Crippen molar-refractivity contribution in [1.82, 2.24) is 0 Å². The molecule has 0 radical (unpaired) electrons. The average molecular weight is 422 g/mol. The quantitative estimate of drug-likeness (QED) is 0.500. The number of methoxy groups -OCH3 is 1. The summed E-state index contributed by atoms with van der Waals surface area (Å²) in [6, 6.07) is 12.3. The molecule has 1 amide bonds. The normalized spacial score (nSPS) is 12.8. The van der Waals surface area contributed by atoms with Gasteiger partial charge >= 0.3 is 0 Å². The van der Waals surface area contributed by atoms with Gasteiger partial charge in [0.15, 0.2) is 23.0 Å². The van der Waals surface area contributed by atoms with Gasteiger partial charge in [-0.05, 0) is 48.2 Å². The summed E-state index contributed by atoms with van der Waals surface area (Å²) in [5, 5.41) is 12.2. The minimum absolute atomic E-state index is 0.0366. The highest BCUT2D eigenvalue weighted by atomic mass is 16.6. The fourth-order valence-electron chi connectivity index (χ4n) is 2.93. The van der Waals surface area contributed by atoms with Gasteiger partial charge in [0.2, 0.25) is 0 Å². The van der Waals surface area contributed by atoms with E-state index in [9.17, 15) is 10.1 Å². The molecule has 0 fully saturated rings. The molecule has 0 saturated heterocycles. The Kier molecular flexibility index (Phi) is 7.39. The van der Waals surface area contributed by atoms with Gasteiger partial charge in [-0.3, -0.25) is 4.79 Å². The first-order valence-electron chi connectivity index (χ1n) is 10.1. The van der Waals surface area contributed by atoms with Crippen molar-refractivity contribution in [1.29, 1.82) is 5.26 Å². The number of ether oxygens (including phenoxy) is 4. The SMILES string of the molecule is COc1cc(/C=C(\C#N)C(=O)Nc2ccc3c(c2)OCCO3)ccc1OCCC(C)C. The van der Waals surface area contributed by atoms with Gasteiger partial charge in [-0.25, -0.2) is 0 Å². The molecule has 0 atom stereocenters. The Morgan fingerprint density at radius 1 is 1.16 bits per heavy atom. The van der Waals surface area contributed by atoms with E-state index >= 15 is 0 Å². The Morgan fingerprint density at radius 2 is 1.94 bits per heavy atom. The number of carbonyl (C=O) groups is 1. The van der Waals surface area contributed by atoms with Crippen LogP contribution in [0.25, 0.3) is 6.08 Å². The van der Waals surface area contributed by atoms with Gasteiger partial charge in [0.1, 0.15) is 24.9 Å². The maximum absolute atomic E-state index is 12.6. The van der Waals surface area contributed by atoms with E-state index in [4.69, 9.17) is 18.9 Å². The maximum atomic E-state index is 12.6. The summed E-state index contributed by atoms with van der Waals surface area (Å²) in [4.78, 5) is 12.6. The molecule has 0 spiro atoms. The van der Waals surface area contributed by atoms with Crippen molar-refractivity contribution in [2.45, 2.75) is 20.3 Å². The molecule has 0 aromatic heterocycles. The minimum atomic E-state index is -0.518. The van der Waals surface area contributed by atoms with E-state index in [1.165, 1.54) is 6.08 Å². The summed E-state index contributed by atoms with van der Waals surface area (Å²) in [5.74, 6) is 2.38. The van der Waals surface area contributed by atoms with Crippen LogP contribution < -0.4 is 24.3 Å². The maximum Gasteiger partial charge on any atom is 0.266 e. The zero-order valence-electron chi connectivity index (χ0n) is 17.9. The van der Waals surface area contributed by atoms with Crippen LogP contribution in [-0.4, -0.2) is 32.8 Å². The van der Waals surface area contributed by atoms with E-state index in [1.807, 2.05) is 6.07 Å². The number of rotatable bonds is 8. The third-order valence-corrected chi connectivity index (χ3v) is 4.62. The second-order valence-corrected chi connectivity index (χ2v) is 7.42. The topological polar surface area (TPSA) is 89.8 Å². The fourth-order valence-corrected chi connectivity index (χ4v) is 2.93. The fraction of sp³-hybridized carbons (Fsp3) is 0.333. The molecule has 0 aliphatic carbocycles. The van der Waals surface area contributed by atoms with Crippen LogP contribution in [0.2, 0.25) is 0 Å². The summed E-state index contributed by atoms with van der Waals surface area (Å²) in [6.07, 6.45) is 2.44. The van der Waals surface area contributed by atoms with E-state index in [0.29, 0.717) is 60.0 Å². The number of fused-ring (bicyclic) bond motifs is 1. The first-order chi connectivity index (χ1) is 15.0. The van der Waals surface area contributed by atoms with E-state index in [1.54, 1.807) is 43.5 Å². The predicted molar refractivity (Wildman–Crippen MR) is 118 cm³/mol. The van der Waals surface area contributed by atoms with E-state index < -0.39 is 5.91 Å². The van der Waals surface area contributed by atoms with Crippen LogP contribution in [0.15, 0.2) is 42.0 Å². The number of benzene rings is 2. The zero-order valence-corrected chi connectivity index (χ0v) is 17.9. The highest BCUT2D eigenvalue weighted by Crippen LogP contribution is 2.33.